The molecule has 5 heteroatoms. The lowest BCUT2D eigenvalue weighted by Gasteiger charge is -2.17. The van der Waals surface area contributed by atoms with Crippen LogP contribution < -0.4 is 10.6 Å². The number of nitrogens with zero attached hydrogens (tertiary/aromatic N) is 3. The summed E-state index contributed by atoms with van der Waals surface area (Å²) in [4.78, 5) is 13.6. The molecular weight excluding hydrogens is 358 g/mol. The van der Waals surface area contributed by atoms with Gasteiger partial charge >= 0.3 is 0 Å². The van der Waals surface area contributed by atoms with Crippen molar-refractivity contribution >= 4 is 11.6 Å². The van der Waals surface area contributed by atoms with Gasteiger partial charge in [-0.3, -0.25) is 4.98 Å². The number of benzene rings is 2. The van der Waals surface area contributed by atoms with Crippen molar-refractivity contribution in [3.63, 3.8) is 0 Å². The smallest absolute Gasteiger partial charge is 0.163 e. The van der Waals surface area contributed by atoms with E-state index in [1.165, 1.54) is 5.56 Å². The molecule has 0 amide bonds. The van der Waals surface area contributed by atoms with Crippen LogP contribution in [0.25, 0.3) is 11.4 Å². The zero-order chi connectivity index (χ0) is 19.9. The SMILES string of the molecule is CC(Nc1cc(NCc2cccnc2)nc(-c2ccccc2)n1)c1ccccc1. The van der Waals surface area contributed by atoms with Crippen LogP contribution in [0.4, 0.5) is 11.6 Å². The van der Waals surface area contributed by atoms with Gasteiger partial charge in [-0.2, -0.15) is 0 Å². The number of hydrogen-bond donors (Lipinski definition) is 2. The molecule has 5 nitrogen and oxygen atoms in total. The van der Waals surface area contributed by atoms with Crippen LogP contribution in [0.15, 0.2) is 91.3 Å². The number of rotatable bonds is 7. The summed E-state index contributed by atoms with van der Waals surface area (Å²) < 4.78 is 0. The third-order valence-corrected chi connectivity index (χ3v) is 4.62. The van der Waals surface area contributed by atoms with E-state index in [1.54, 1.807) is 6.20 Å². The van der Waals surface area contributed by atoms with E-state index in [0.29, 0.717) is 12.4 Å². The summed E-state index contributed by atoms with van der Waals surface area (Å²) in [7, 11) is 0. The molecule has 4 rings (SSSR count). The summed E-state index contributed by atoms with van der Waals surface area (Å²) in [6.07, 6.45) is 3.62. The van der Waals surface area contributed by atoms with Gasteiger partial charge in [-0.1, -0.05) is 66.7 Å². The number of nitrogens with one attached hydrogen (secondary N) is 2. The van der Waals surface area contributed by atoms with Crippen molar-refractivity contribution in [2.24, 2.45) is 0 Å². The van der Waals surface area contributed by atoms with E-state index >= 15 is 0 Å². The van der Waals surface area contributed by atoms with E-state index in [1.807, 2.05) is 72.9 Å². The van der Waals surface area contributed by atoms with Gasteiger partial charge in [0, 0.05) is 36.6 Å². The van der Waals surface area contributed by atoms with Crippen molar-refractivity contribution in [1.82, 2.24) is 15.0 Å². The Labute approximate surface area is 170 Å². The molecule has 0 aliphatic carbocycles. The minimum atomic E-state index is 0.126. The van der Waals surface area contributed by atoms with E-state index < -0.39 is 0 Å². The molecule has 0 fully saturated rings. The molecule has 0 aliphatic rings. The summed E-state index contributed by atoms with van der Waals surface area (Å²) in [6, 6.07) is 26.4. The number of aromatic nitrogens is 3. The quantitative estimate of drug-likeness (QED) is 0.453. The maximum absolute atomic E-state index is 4.75. The van der Waals surface area contributed by atoms with Crippen LogP contribution in [-0.4, -0.2) is 15.0 Å². The number of anilines is 2. The molecule has 2 aromatic carbocycles. The van der Waals surface area contributed by atoms with E-state index in [-0.39, 0.29) is 6.04 Å². The largest absolute Gasteiger partial charge is 0.366 e. The van der Waals surface area contributed by atoms with Crippen molar-refractivity contribution in [3.8, 4) is 11.4 Å². The maximum Gasteiger partial charge on any atom is 0.163 e. The standard InChI is InChI=1S/C24H23N5/c1-18(20-10-4-2-5-11-20)27-23-15-22(26-17-19-9-8-14-25-16-19)28-24(29-23)21-12-6-3-7-13-21/h2-16,18H,17H2,1H3,(H2,26,27,28,29). The molecule has 29 heavy (non-hydrogen) atoms. The Morgan fingerprint density at radius 3 is 2.28 bits per heavy atom. The molecule has 144 valence electrons. The van der Waals surface area contributed by atoms with Crippen molar-refractivity contribution in [3.05, 3.63) is 102 Å². The molecule has 0 saturated carbocycles. The van der Waals surface area contributed by atoms with Crippen molar-refractivity contribution in [1.29, 1.82) is 0 Å². The lowest BCUT2D eigenvalue weighted by atomic mass is 10.1. The second kappa shape index (κ2) is 8.97. The van der Waals surface area contributed by atoms with Gasteiger partial charge in [0.25, 0.3) is 0 Å². The number of pyridine rings is 1. The van der Waals surface area contributed by atoms with Crippen LogP contribution in [0.5, 0.6) is 0 Å². The fourth-order valence-electron chi connectivity index (χ4n) is 3.07. The summed E-state index contributed by atoms with van der Waals surface area (Å²) in [5, 5.41) is 6.90. The molecule has 0 spiro atoms. The first kappa shape index (κ1) is 18.6. The van der Waals surface area contributed by atoms with Crippen molar-refractivity contribution in [2.75, 3.05) is 10.6 Å². The highest BCUT2D eigenvalue weighted by Crippen LogP contribution is 2.24. The fraction of sp³-hybridized carbons (Fsp3) is 0.125. The Hall–Kier alpha value is -3.73. The van der Waals surface area contributed by atoms with E-state index in [2.05, 4.69) is 34.7 Å². The summed E-state index contributed by atoms with van der Waals surface area (Å²) in [5.74, 6) is 2.24. The van der Waals surface area contributed by atoms with Crippen molar-refractivity contribution < 1.29 is 0 Å². The molecule has 0 radical (unpaired) electrons. The summed E-state index contributed by atoms with van der Waals surface area (Å²) in [5.41, 5.74) is 3.28. The van der Waals surface area contributed by atoms with Crippen LogP contribution in [0.2, 0.25) is 0 Å². The van der Waals surface area contributed by atoms with Gasteiger partial charge in [-0.15, -0.1) is 0 Å². The van der Waals surface area contributed by atoms with Crippen LogP contribution in [-0.2, 0) is 6.54 Å². The van der Waals surface area contributed by atoms with Crippen LogP contribution >= 0.6 is 0 Å². The Kier molecular flexibility index (Phi) is 5.76. The highest BCUT2D eigenvalue weighted by molar-refractivity contribution is 5.61. The second-order valence-corrected chi connectivity index (χ2v) is 6.82. The highest BCUT2D eigenvalue weighted by Gasteiger charge is 2.10. The Balaban J connectivity index is 1.61. The number of hydrogen-bond acceptors (Lipinski definition) is 5. The second-order valence-electron chi connectivity index (χ2n) is 6.82. The van der Waals surface area contributed by atoms with E-state index in [4.69, 9.17) is 9.97 Å². The average Bonchev–Trinajstić information content (AvgIpc) is 2.79. The van der Waals surface area contributed by atoms with Gasteiger partial charge in [-0.25, -0.2) is 9.97 Å². The Bertz CT molecular complexity index is 1040. The highest BCUT2D eigenvalue weighted by atomic mass is 15.1. The first-order valence-electron chi connectivity index (χ1n) is 9.67. The van der Waals surface area contributed by atoms with Gasteiger partial charge in [0.05, 0.1) is 0 Å². The minimum Gasteiger partial charge on any atom is -0.366 e. The minimum absolute atomic E-state index is 0.126. The molecule has 1 atom stereocenters. The summed E-state index contributed by atoms with van der Waals surface area (Å²) >= 11 is 0. The average molecular weight is 381 g/mol. The molecule has 2 N–H and O–H groups in total. The van der Waals surface area contributed by atoms with Crippen LogP contribution in [0.1, 0.15) is 24.1 Å². The predicted molar refractivity (Wildman–Crippen MR) is 118 cm³/mol. The topological polar surface area (TPSA) is 62.7 Å². The molecule has 0 aliphatic heterocycles. The molecule has 0 saturated heterocycles. The molecular formula is C24H23N5. The monoisotopic (exact) mass is 381 g/mol. The van der Waals surface area contributed by atoms with Gasteiger partial charge in [-0.05, 0) is 24.1 Å². The molecule has 2 heterocycles. The lowest BCUT2D eigenvalue weighted by Crippen LogP contribution is -2.10. The fourth-order valence-corrected chi connectivity index (χ4v) is 3.07. The van der Waals surface area contributed by atoms with E-state index in [0.717, 1.165) is 22.8 Å². The molecule has 2 aromatic heterocycles. The molecule has 4 aromatic rings. The normalized spacial score (nSPS) is 11.6. The maximum atomic E-state index is 4.75. The lowest BCUT2D eigenvalue weighted by molar-refractivity contribution is 0.872. The Morgan fingerprint density at radius 2 is 1.55 bits per heavy atom. The van der Waals surface area contributed by atoms with Gasteiger partial charge in [0.2, 0.25) is 0 Å². The first-order chi connectivity index (χ1) is 14.3. The zero-order valence-electron chi connectivity index (χ0n) is 16.3. The third-order valence-electron chi connectivity index (χ3n) is 4.62. The van der Waals surface area contributed by atoms with E-state index in [9.17, 15) is 0 Å². The molecule has 1 unspecified atom stereocenters. The van der Waals surface area contributed by atoms with Crippen molar-refractivity contribution in [2.45, 2.75) is 19.5 Å². The van der Waals surface area contributed by atoms with Crippen LogP contribution in [0.3, 0.4) is 0 Å². The predicted octanol–water partition coefficient (Wildman–Crippen LogP) is 5.32. The zero-order valence-corrected chi connectivity index (χ0v) is 16.3. The third kappa shape index (κ3) is 4.96. The molecule has 0 bridgehead atoms. The first-order valence-corrected chi connectivity index (χ1v) is 9.67. The van der Waals surface area contributed by atoms with Gasteiger partial charge < -0.3 is 10.6 Å². The Morgan fingerprint density at radius 1 is 0.828 bits per heavy atom. The van der Waals surface area contributed by atoms with Crippen LogP contribution in [0, 0.1) is 0 Å². The summed E-state index contributed by atoms with van der Waals surface area (Å²) in [6.45, 7) is 2.77. The van der Waals surface area contributed by atoms with Gasteiger partial charge in [0.1, 0.15) is 11.6 Å². The van der Waals surface area contributed by atoms with Gasteiger partial charge in [0.15, 0.2) is 5.82 Å².